The van der Waals surface area contributed by atoms with Crippen LogP contribution in [-0.4, -0.2) is 17.0 Å². The maximum atomic E-state index is 13.5. The minimum atomic E-state index is -1.25. The van der Waals surface area contributed by atoms with Crippen molar-refractivity contribution in [2.24, 2.45) is 16.3 Å². The maximum absolute atomic E-state index is 13.5. The Bertz CT molecular complexity index is 503. The van der Waals surface area contributed by atoms with Gasteiger partial charge in [0.25, 0.3) is 0 Å². The summed E-state index contributed by atoms with van der Waals surface area (Å²) < 4.78 is 14.1. The van der Waals surface area contributed by atoms with Crippen LogP contribution in [0.3, 0.4) is 0 Å². The van der Waals surface area contributed by atoms with Gasteiger partial charge >= 0.3 is 0 Å². The summed E-state index contributed by atoms with van der Waals surface area (Å²) in [6.07, 6.45) is 0. The maximum Gasteiger partial charge on any atom is 0.237 e. The normalized spacial score (nSPS) is 12.3. The Kier molecular flexibility index (Phi) is 4.28. The zero-order chi connectivity index (χ0) is 13.9. The van der Waals surface area contributed by atoms with Crippen molar-refractivity contribution in [2.45, 2.75) is 13.8 Å². The van der Waals surface area contributed by atoms with Crippen molar-refractivity contribution in [3.05, 3.63) is 28.5 Å². The van der Waals surface area contributed by atoms with Crippen LogP contribution in [0.5, 0.6) is 0 Å². The lowest BCUT2D eigenvalue weighted by Crippen LogP contribution is -2.42. The number of benzene rings is 1. The summed E-state index contributed by atoms with van der Waals surface area (Å²) in [6.45, 7) is 2.93. The van der Waals surface area contributed by atoms with Crippen LogP contribution in [0.4, 0.5) is 10.1 Å². The summed E-state index contributed by atoms with van der Waals surface area (Å²) in [5.74, 6) is -1.40. The van der Waals surface area contributed by atoms with Crippen LogP contribution < -0.4 is 11.1 Å². The van der Waals surface area contributed by atoms with E-state index in [1.165, 1.54) is 32.0 Å². The molecule has 0 aliphatic heterocycles. The van der Waals surface area contributed by atoms with Crippen LogP contribution >= 0.6 is 15.9 Å². The van der Waals surface area contributed by atoms with Gasteiger partial charge in [-0.1, -0.05) is 21.1 Å². The van der Waals surface area contributed by atoms with Gasteiger partial charge in [-0.15, -0.1) is 0 Å². The summed E-state index contributed by atoms with van der Waals surface area (Å²) in [7, 11) is 0. The summed E-state index contributed by atoms with van der Waals surface area (Å²) in [4.78, 5) is 11.9. The molecular weight excluding hydrogens is 305 g/mol. The number of amidine groups is 1. The number of rotatable bonds is 3. The molecule has 18 heavy (non-hydrogen) atoms. The molecule has 0 aromatic heterocycles. The largest absolute Gasteiger partial charge is 0.409 e. The van der Waals surface area contributed by atoms with Crippen LogP contribution in [0.1, 0.15) is 13.8 Å². The first-order valence-electron chi connectivity index (χ1n) is 5.03. The second-order valence-corrected chi connectivity index (χ2v) is 5.10. The third-order valence-corrected chi connectivity index (χ3v) is 2.99. The third kappa shape index (κ3) is 2.98. The molecule has 0 saturated carbocycles. The Hall–Kier alpha value is -1.63. The molecule has 0 saturated heterocycles. The molecule has 0 atom stereocenters. The molecule has 0 bridgehead atoms. The number of hydrogen-bond acceptors (Lipinski definition) is 3. The highest BCUT2D eigenvalue weighted by atomic mass is 79.9. The SMILES string of the molecule is CC(C)(C(=O)Nc1cc(Br)ccc1F)C(N)=NO. The van der Waals surface area contributed by atoms with E-state index in [-0.39, 0.29) is 11.5 Å². The number of oxime groups is 1. The van der Waals surface area contributed by atoms with E-state index in [0.29, 0.717) is 4.47 Å². The molecule has 7 heteroatoms. The molecule has 4 N–H and O–H groups in total. The van der Waals surface area contributed by atoms with Crippen molar-refractivity contribution < 1.29 is 14.4 Å². The van der Waals surface area contributed by atoms with Crippen molar-refractivity contribution in [3.8, 4) is 0 Å². The zero-order valence-electron chi connectivity index (χ0n) is 9.87. The second kappa shape index (κ2) is 5.34. The molecule has 0 radical (unpaired) electrons. The minimum Gasteiger partial charge on any atom is -0.409 e. The van der Waals surface area contributed by atoms with Crippen LogP contribution in [0.2, 0.25) is 0 Å². The highest BCUT2D eigenvalue weighted by Crippen LogP contribution is 2.23. The third-order valence-electron chi connectivity index (χ3n) is 2.49. The molecule has 0 fully saturated rings. The lowest BCUT2D eigenvalue weighted by atomic mass is 9.91. The molecule has 0 spiro atoms. The molecule has 0 heterocycles. The zero-order valence-corrected chi connectivity index (χ0v) is 11.5. The summed E-state index contributed by atoms with van der Waals surface area (Å²) in [5.41, 5.74) is 4.18. The number of carbonyl (C=O) groups excluding carboxylic acids is 1. The Morgan fingerprint density at radius 3 is 2.72 bits per heavy atom. The number of anilines is 1. The molecule has 0 aliphatic rings. The lowest BCUT2D eigenvalue weighted by molar-refractivity contribution is -0.121. The molecule has 1 rings (SSSR count). The Morgan fingerprint density at radius 1 is 1.56 bits per heavy atom. The van der Waals surface area contributed by atoms with Gasteiger partial charge in [-0.3, -0.25) is 4.79 Å². The van der Waals surface area contributed by atoms with Gasteiger partial charge in [0.15, 0.2) is 5.84 Å². The Balaban J connectivity index is 2.98. The highest BCUT2D eigenvalue weighted by Gasteiger charge is 2.33. The van der Waals surface area contributed by atoms with Crippen LogP contribution in [0, 0.1) is 11.2 Å². The molecule has 1 aromatic rings. The van der Waals surface area contributed by atoms with Gasteiger partial charge in [-0.05, 0) is 32.0 Å². The van der Waals surface area contributed by atoms with E-state index < -0.39 is 17.1 Å². The first kappa shape index (κ1) is 14.4. The molecule has 98 valence electrons. The van der Waals surface area contributed by atoms with Crippen LogP contribution in [0.25, 0.3) is 0 Å². The van der Waals surface area contributed by atoms with Crippen LogP contribution in [-0.2, 0) is 4.79 Å². The molecule has 1 amide bonds. The van der Waals surface area contributed by atoms with Crippen molar-refractivity contribution in [2.75, 3.05) is 5.32 Å². The first-order valence-corrected chi connectivity index (χ1v) is 5.83. The van der Waals surface area contributed by atoms with Gasteiger partial charge in [0.05, 0.1) is 5.69 Å². The fraction of sp³-hybridized carbons (Fsp3) is 0.273. The van der Waals surface area contributed by atoms with Gasteiger partial charge in [-0.25, -0.2) is 4.39 Å². The van der Waals surface area contributed by atoms with Gasteiger partial charge in [0.2, 0.25) is 5.91 Å². The van der Waals surface area contributed by atoms with Crippen molar-refractivity contribution >= 4 is 33.4 Å². The monoisotopic (exact) mass is 317 g/mol. The number of nitrogens with one attached hydrogen (secondary N) is 1. The topological polar surface area (TPSA) is 87.7 Å². The van der Waals surface area contributed by atoms with Gasteiger partial charge < -0.3 is 16.3 Å². The molecule has 0 unspecified atom stereocenters. The summed E-state index contributed by atoms with van der Waals surface area (Å²) in [6, 6.07) is 4.16. The fourth-order valence-corrected chi connectivity index (χ4v) is 1.47. The number of hydrogen-bond donors (Lipinski definition) is 3. The highest BCUT2D eigenvalue weighted by molar-refractivity contribution is 9.10. The van der Waals surface area contributed by atoms with E-state index >= 15 is 0 Å². The van der Waals surface area contributed by atoms with Crippen LogP contribution in [0.15, 0.2) is 27.8 Å². The lowest BCUT2D eigenvalue weighted by Gasteiger charge is -2.21. The summed E-state index contributed by atoms with van der Waals surface area (Å²) >= 11 is 3.17. The molecule has 5 nitrogen and oxygen atoms in total. The predicted molar refractivity (Wildman–Crippen MR) is 69.9 cm³/mol. The summed E-state index contributed by atoms with van der Waals surface area (Å²) in [5, 5.41) is 13.8. The second-order valence-electron chi connectivity index (χ2n) is 4.19. The molecule has 1 aromatic carbocycles. The van der Waals surface area contributed by atoms with Crippen molar-refractivity contribution in [1.29, 1.82) is 0 Å². The smallest absolute Gasteiger partial charge is 0.237 e. The molecular formula is C11H13BrFN3O2. The van der Waals surface area contributed by atoms with E-state index in [1.807, 2.05) is 0 Å². The van der Waals surface area contributed by atoms with E-state index in [4.69, 9.17) is 10.9 Å². The Morgan fingerprint density at radius 2 is 2.17 bits per heavy atom. The number of amides is 1. The standard InChI is InChI=1S/C11H13BrFN3O2/c1-11(2,9(14)16-18)10(17)15-8-5-6(12)3-4-7(8)13/h3-5,18H,1-2H3,(H2,14,16)(H,15,17). The number of carbonyl (C=O) groups is 1. The van der Waals surface area contributed by atoms with E-state index in [0.717, 1.165) is 0 Å². The van der Waals surface area contributed by atoms with Crippen molar-refractivity contribution in [1.82, 2.24) is 0 Å². The Labute approximate surface area is 112 Å². The molecule has 0 aliphatic carbocycles. The van der Waals surface area contributed by atoms with E-state index in [2.05, 4.69) is 26.4 Å². The average Bonchev–Trinajstić information content (AvgIpc) is 2.32. The minimum absolute atomic E-state index is 0.0215. The fourth-order valence-electron chi connectivity index (χ4n) is 1.11. The van der Waals surface area contributed by atoms with Crippen molar-refractivity contribution in [3.63, 3.8) is 0 Å². The number of halogens is 2. The number of nitrogens with two attached hydrogens (primary N) is 1. The first-order chi connectivity index (χ1) is 8.28. The van der Waals surface area contributed by atoms with E-state index in [1.54, 1.807) is 0 Å². The van der Waals surface area contributed by atoms with Gasteiger partial charge in [-0.2, -0.15) is 0 Å². The predicted octanol–water partition coefficient (Wildman–Crippen LogP) is 2.30. The van der Waals surface area contributed by atoms with Gasteiger partial charge in [0.1, 0.15) is 11.2 Å². The quantitative estimate of drug-likeness (QED) is 0.346. The van der Waals surface area contributed by atoms with Gasteiger partial charge in [0, 0.05) is 4.47 Å². The van der Waals surface area contributed by atoms with E-state index in [9.17, 15) is 9.18 Å². The number of nitrogens with zero attached hydrogens (tertiary/aromatic N) is 1. The average molecular weight is 318 g/mol.